The molecule has 0 amide bonds. The average Bonchev–Trinajstić information content (AvgIpc) is 3.32. The van der Waals surface area contributed by atoms with Gasteiger partial charge in [-0.05, 0) is 23.6 Å². The first-order chi connectivity index (χ1) is 12.3. The molecule has 3 rings (SSSR count). The minimum atomic E-state index is 0. The number of halogens is 1. The molecule has 2 aromatic rings. The fourth-order valence-corrected chi connectivity index (χ4v) is 3.23. The van der Waals surface area contributed by atoms with E-state index in [1.807, 2.05) is 18.2 Å². The molecular formula is C18H24IN3O3S. The van der Waals surface area contributed by atoms with Crippen molar-refractivity contribution >= 4 is 41.3 Å². The van der Waals surface area contributed by atoms with Crippen molar-refractivity contribution in [1.29, 1.82) is 0 Å². The predicted molar refractivity (Wildman–Crippen MR) is 116 cm³/mol. The Morgan fingerprint density at radius 2 is 2.12 bits per heavy atom. The molecule has 1 aromatic carbocycles. The van der Waals surface area contributed by atoms with E-state index in [-0.39, 0.29) is 30.8 Å². The van der Waals surface area contributed by atoms with Gasteiger partial charge in [-0.3, -0.25) is 4.99 Å². The van der Waals surface area contributed by atoms with Crippen LogP contribution in [-0.2, 0) is 0 Å². The summed E-state index contributed by atoms with van der Waals surface area (Å²) in [6.07, 6.45) is 0. The Kier molecular flexibility index (Phi) is 8.30. The first kappa shape index (κ1) is 20.6. The van der Waals surface area contributed by atoms with E-state index in [0.29, 0.717) is 19.1 Å². The van der Waals surface area contributed by atoms with Gasteiger partial charge in [-0.25, -0.2) is 0 Å². The smallest absolute Gasteiger partial charge is 0.231 e. The first-order valence-electron chi connectivity index (χ1n) is 8.26. The third kappa shape index (κ3) is 5.66. The molecular weight excluding hydrogens is 465 g/mol. The van der Waals surface area contributed by atoms with Crippen molar-refractivity contribution in [1.82, 2.24) is 10.6 Å². The molecule has 0 spiro atoms. The van der Waals surface area contributed by atoms with Gasteiger partial charge in [-0.15, -0.1) is 35.3 Å². The molecule has 0 bridgehead atoms. The van der Waals surface area contributed by atoms with E-state index in [9.17, 15) is 0 Å². The zero-order valence-corrected chi connectivity index (χ0v) is 18.0. The molecule has 1 unspecified atom stereocenters. The summed E-state index contributed by atoms with van der Waals surface area (Å²) < 4.78 is 16.4. The Labute approximate surface area is 175 Å². The normalized spacial score (nSPS) is 13.7. The average molecular weight is 489 g/mol. The SMILES string of the molecule is CN=C(NCCOc1ccc2c(c1)OCO2)NCC(C)c1cccs1.I. The molecule has 26 heavy (non-hydrogen) atoms. The molecule has 2 N–H and O–H groups in total. The summed E-state index contributed by atoms with van der Waals surface area (Å²) in [6, 6.07) is 9.82. The van der Waals surface area contributed by atoms with E-state index in [0.717, 1.165) is 29.8 Å². The van der Waals surface area contributed by atoms with Crippen LogP contribution in [0.2, 0.25) is 0 Å². The van der Waals surface area contributed by atoms with Crippen LogP contribution in [0.5, 0.6) is 17.2 Å². The van der Waals surface area contributed by atoms with Crippen molar-refractivity contribution in [3.05, 3.63) is 40.6 Å². The Hall–Kier alpha value is -1.68. The number of rotatable bonds is 7. The van der Waals surface area contributed by atoms with Crippen molar-refractivity contribution in [3.8, 4) is 17.2 Å². The van der Waals surface area contributed by atoms with Crippen molar-refractivity contribution in [2.24, 2.45) is 4.99 Å². The van der Waals surface area contributed by atoms with Crippen molar-refractivity contribution in [2.75, 3.05) is 33.5 Å². The van der Waals surface area contributed by atoms with Crippen molar-refractivity contribution in [2.45, 2.75) is 12.8 Å². The van der Waals surface area contributed by atoms with Crippen LogP contribution in [0.15, 0.2) is 40.7 Å². The lowest BCUT2D eigenvalue weighted by molar-refractivity contribution is 0.173. The van der Waals surface area contributed by atoms with E-state index in [1.54, 1.807) is 18.4 Å². The monoisotopic (exact) mass is 489 g/mol. The van der Waals surface area contributed by atoms with Gasteiger partial charge >= 0.3 is 0 Å². The van der Waals surface area contributed by atoms with Gasteiger partial charge in [0.1, 0.15) is 12.4 Å². The van der Waals surface area contributed by atoms with Crippen LogP contribution >= 0.6 is 35.3 Å². The third-order valence-corrected chi connectivity index (χ3v) is 4.94. The summed E-state index contributed by atoms with van der Waals surface area (Å²) in [5.74, 6) is 3.47. The zero-order chi connectivity index (χ0) is 17.5. The van der Waals surface area contributed by atoms with Gasteiger partial charge in [0.25, 0.3) is 0 Å². The quantitative estimate of drug-likeness (QED) is 0.270. The number of ether oxygens (including phenoxy) is 3. The highest BCUT2D eigenvalue weighted by molar-refractivity contribution is 14.0. The Morgan fingerprint density at radius 1 is 1.27 bits per heavy atom. The van der Waals surface area contributed by atoms with Gasteiger partial charge in [-0.2, -0.15) is 0 Å². The van der Waals surface area contributed by atoms with Crippen LogP contribution in [0, 0.1) is 0 Å². The fraction of sp³-hybridized carbons (Fsp3) is 0.389. The minimum Gasteiger partial charge on any atom is -0.492 e. The number of hydrogen-bond acceptors (Lipinski definition) is 5. The Bertz CT molecular complexity index is 710. The Balaban J connectivity index is 0.00000243. The molecule has 0 saturated heterocycles. The second-order valence-corrected chi connectivity index (χ2v) is 6.64. The molecule has 0 fully saturated rings. The molecule has 1 atom stereocenters. The molecule has 142 valence electrons. The molecule has 8 heteroatoms. The van der Waals surface area contributed by atoms with E-state index < -0.39 is 0 Å². The highest BCUT2D eigenvalue weighted by atomic mass is 127. The predicted octanol–water partition coefficient (Wildman–Crippen LogP) is 3.44. The topological polar surface area (TPSA) is 64.1 Å². The van der Waals surface area contributed by atoms with Gasteiger partial charge in [-0.1, -0.05) is 13.0 Å². The van der Waals surface area contributed by atoms with Crippen molar-refractivity contribution < 1.29 is 14.2 Å². The number of benzene rings is 1. The van der Waals surface area contributed by atoms with E-state index in [2.05, 4.69) is 40.1 Å². The molecule has 1 aliphatic heterocycles. The summed E-state index contributed by atoms with van der Waals surface area (Å²) in [4.78, 5) is 5.61. The van der Waals surface area contributed by atoms with Gasteiger partial charge < -0.3 is 24.8 Å². The zero-order valence-electron chi connectivity index (χ0n) is 14.9. The molecule has 0 aliphatic carbocycles. The number of nitrogens with zero attached hydrogens (tertiary/aromatic N) is 1. The molecule has 2 heterocycles. The lowest BCUT2D eigenvalue weighted by Gasteiger charge is -2.15. The second-order valence-electron chi connectivity index (χ2n) is 5.66. The largest absolute Gasteiger partial charge is 0.492 e. The number of fused-ring (bicyclic) bond motifs is 1. The van der Waals surface area contributed by atoms with E-state index in [1.165, 1.54) is 4.88 Å². The summed E-state index contributed by atoms with van der Waals surface area (Å²) in [5.41, 5.74) is 0. The first-order valence-corrected chi connectivity index (χ1v) is 9.14. The maximum Gasteiger partial charge on any atom is 0.231 e. The third-order valence-electron chi connectivity index (χ3n) is 3.84. The van der Waals surface area contributed by atoms with Gasteiger partial charge in [0.2, 0.25) is 6.79 Å². The van der Waals surface area contributed by atoms with Crippen LogP contribution in [0.4, 0.5) is 0 Å². The fourth-order valence-electron chi connectivity index (χ4n) is 2.45. The number of aliphatic imine (C=N–C) groups is 1. The Morgan fingerprint density at radius 3 is 2.88 bits per heavy atom. The lowest BCUT2D eigenvalue weighted by atomic mass is 10.1. The number of nitrogens with one attached hydrogen (secondary N) is 2. The lowest BCUT2D eigenvalue weighted by Crippen LogP contribution is -2.40. The summed E-state index contributed by atoms with van der Waals surface area (Å²) in [5, 5.41) is 8.70. The van der Waals surface area contributed by atoms with E-state index >= 15 is 0 Å². The van der Waals surface area contributed by atoms with Gasteiger partial charge in [0, 0.05) is 30.5 Å². The molecule has 0 radical (unpaired) electrons. The standard InChI is InChI=1S/C18H23N3O3S.HI/c1-13(17-4-3-9-25-17)11-21-18(19-2)20-7-8-22-14-5-6-15-16(10-14)24-12-23-15;/h3-6,9-10,13H,7-8,11-12H2,1-2H3,(H2,19,20,21);1H. The molecule has 1 aromatic heterocycles. The summed E-state index contributed by atoms with van der Waals surface area (Å²) in [7, 11) is 1.77. The molecule has 6 nitrogen and oxygen atoms in total. The summed E-state index contributed by atoms with van der Waals surface area (Å²) >= 11 is 1.78. The van der Waals surface area contributed by atoms with Gasteiger partial charge in [0.05, 0.1) is 6.54 Å². The number of guanidine groups is 1. The summed E-state index contributed by atoms with van der Waals surface area (Å²) in [6.45, 7) is 4.49. The molecule has 1 aliphatic rings. The minimum absolute atomic E-state index is 0. The number of thiophene rings is 1. The van der Waals surface area contributed by atoms with E-state index in [4.69, 9.17) is 14.2 Å². The highest BCUT2D eigenvalue weighted by Gasteiger charge is 2.13. The van der Waals surface area contributed by atoms with Crippen LogP contribution in [0.1, 0.15) is 17.7 Å². The highest BCUT2D eigenvalue weighted by Crippen LogP contribution is 2.34. The van der Waals surface area contributed by atoms with Crippen LogP contribution in [-0.4, -0.2) is 39.5 Å². The molecule has 0 saturated carbocycles. The van der Waals surface area contributed by atoms with Crippen LogP contribution in [0.25, 0.3) is 0 Å². The van der Waals surface area contributed by atoms with Crippen LogP contribution < -0.4 is 24.8 Å². The maximum atomic E-state index is 5.73. The van der Waals surface area contributed by atoms with Gasteiger partial charge in [0.15, 0.2) is 17.5 Å². The van der Waals surface area contributed by atoms with Crippen LogP contribution in [0.3, 0.4) is 0 Å². The second kappa shape index (κ2) is 10.5. The van der Waals surface area contributed by atoms with Crippen molar-refractivity contribution in [3.63, 3.8) is 0 Å². The number of hydrogen-bond donors (Lipinski definition) is 2. The maximum absolute atomic E-state index is 5.73.